The third-order valence-corrected chi connectivity index (χ3v) is 2.69. The van der Waals surface area contributed by atoms with Crippen molar-refractivity contribution >= 4 is 0 Å². The molecular formula is C12H19N5O. The summed E-state index contributed by atoms with van der Waals surface area (Å²) in [5, 5.41) is 8.36. The second-order valence-corrected chi connectivity index (χ2v) is 4.16. The highest BCUT2D eigenvalue weighted by molar-refractivity contribution is 4.96. The second kappa shape index (κ2) is 5.75. The molecule has 2 heterocycles. The lowest BCUT2D eigenvalue weighted by atomic mass is 10.3. The fraction of sp³-hybridized carbons (Fsp3) is 0.667. The van der Waals surface area contributed by atoms with E-state index in [0.29, 0.717) is 12.4 Å². The Morgan fingerprint density at radius 3 is 2.56 bits per heavy atom. The molecule has 6 nitrogen and oxygen atoms in total. The van der Waals surface area contributed by atoms with Gasteiger partial charge in [0, 0.05) is 19.3 Å². The first-order valence-corrected chi connectivity index (χ1v) is 6.50. The van der Waals surface area contributed by atoms with Gasteiger partial charge in [-0.1, -0.05) is 25.9 Å². The number of aryl methyl sites for hydroxylation is 3. The average Bonchev–Trinajstić information content (AvgIpc) is 2.97. The third kappa shape index (κ3) is 2.75. The summed E-state index contributed by atoms with van der Waals surface area (Å²) < 4.78 is 7.06. The van der Waals surface area contributed by atoms with Crippen LogP contribution in [0.4, 0.5) is 0 Å². The van der Waals surface area contributed by atoms with Gasteiger partial charge >= 0.3 is 0 Å². The Hall–Kier alpha value is -1.72. The molecule has 2 aromatic heterocycles. The highest BCUT2D eigenvalue weighted by Gasteiger charge is 2.11. The largest absolute Gasteiger partial charge is 0.337 e. The first-order valence-electron chi connectivity index (χ1n) is 6.50. The minimum Gasteiger partial charge on any atom is -0.337 e. The molecule has 2 aromatic rings. The standard InChI is InChI=1S/C12H19N5O/c1-4-7-10-14-12(18-16-10)8-17-11(6-3)13-9(5-2)15-17/h4-8H2,1-3H3. The predicted octanol–water partition coefficient (Wildman–Crippen LogP) is 1.79. The van der Waals surface area contributed by atoms with Crippen molar-refractivity contribution in [3.05, 3.63) is 23.4 Å². The third-order valence-electron chi connectivity index (χ3n) is 2.69. The molecular weight excluding hydrogens is 230 g/mol. The van der Waals surface area contributed by atoms with Crippen molar-refractivity contribution in [1.29, 1.82) is 0 Å². The quantitative estimate of drug-likeness (QED) is 0.780. The summed E-state index contributed by atoms with van der Waals surface area (Å²) in [6.45, 7) is 6.71. The molecule has 0 saturated heterocycles. The molecule has 0 amide bonds. The lowest BCUT2D eigenvalue weighted by Gasteiger charge is -1.99. The van der Waals surface area contributed by atoms with E-state index in [1.54, 1.807) is 0 Å². The monoisotopic (exact) mass is 249 g/mol. The Kier molecular flexibility index (Phi) is 4.07. The van der Waals surface area contributed by atoms with Crippen LogP contribution in [0.15, 0.2) is 4.52 Å². The van der Waals surface area contributed by atoms with Gasteiger partial charge in [0.05, 0.1) is 0 Å². The summed E-state index contributed by atoms with van der Waals surface area (Å²) in [5.74, 6) is 3.18. The number of rotatable bonds is 6. The molecule has 0 N–H and O–H groups in total. The van der Waals surface area contributed by atoms with E-state index in [2.05, 4.69) is 34.1 Å². The van der Waals surface area contributed by atoms with E-state index in [0.717, 1.165) is 43.2 Å². The van der Waals surface area contributed by atoms with Crippen molar-refractivity contribution in [3.63, 3.8) is 0 Å². The summed E-state index contributed by atoms with van der Waals surface area (Å²) in [6.07, 6.45) is 3.55. The second-order valence-electron chi connectivity index (χ2n) is 4.16. The first-order chi connectivity index (χ1) is 8.76. The van der Waals surface area contributed by atoms with E-state index in [4.69, 9.17) is 4.52 Å². The number of nitrogens with zero attached hydrogens (tertiary/aromatic N) is 5. The molecule has 0 unspecified atom stereocenters. The number of hydrogen-bond donors (Lipinski definition) is 0. The van der Waals surface area contributed by atoms with Gasteiger partial charge in [0.15, 0.2) is 11.6 Å². The van der Waals surface area contributed by atoms with Crippen molar-refractivity contribution in [2.75, 3.05) is 0 Å². The van der Waals surface area contributed by atoms with Crippen LogP contribution in [-0.4, -0.2) is 24.9 Å². The Bertz CT molecular complexity index is 502. The molecule has 18 heavy (non-hydrogen) atoms. The van der Waals surface area contributed by atoms with E-state index in [1.165, 1.54) is 0 Å². The van der Waals surface area contributed by atoms with Gasteiger partial charge in [-0.2, -0.15) is 10.1 Å². The summed E-state index contributed by atoms with van der Waals surface area (Å²) in [7, 11) is 0. The van der Waals surface area contributed by atoms with Crippen LogP contribution >= 0.6 is 0 Å². The molecule has 0 atom stereocenters. The van der Waals surface area contributed by atoms with E-state index in [1.807, 2.05) is 11.6 Å². The first kappa shape index (κ1) is 12.7. The van der Waals surface area contributed by atoms with Crippen molar-refractivity contribution in [3.8, 4) is 0 Å². The van der Waals surface area contributed by atoms with Crippen LogP contribution in [0.25, 0.3) is 0 Å². The van der Waals surface area contributed by atoms with Crippen molar-refractivity contribution in [2.45, 2.75) is 53.0 Å². The van der Waals surface area contributed by atoms with Crippen LogP contribution in [0.3, 0.4) is 0 Å². The van der Waals surface area contributed by atoms with Crippen LogP contribution in [0.2, 0.25) is 0 Å². The minimum absolute atomic E-state index is 0.507. The summed E-state index contributed by atoms with van der Waals surface area (Å²) in [5.41, 5.74) is 0. The summed E-state index contributed by atoms with van der Waals surface area (Å²) >= 11 is 0. The molecule has 0 aliphatic carbocycles. The van der Waals surface area contributed by atoms with Crippen molar-refractivity contribution in [1.82, 2.24) is 24.9 Å². The lowest BCUT2D eigenvalue weighted by molar-refractivity contribution is 0.359. The molecule has 6 heteroatoms. The Morgan fingerprint density at radius 1 is 1.06 bits per heavy atom. The van der Waals surface area contributed by atoms with Gasteiger partial charge in [-0.25, -0.2) is 9.67 Å². The maximum atomic E-state index is 5.21. The van der Waals surface area contributed by atoms with Gasteiger partial charge in [-0.15, -0.1) is 0 Å². The molecule has 0 radical (unpaired) electrons. The van der Waals surface area contributed by atoms with E-state index in [-0.39, 0.29) is 0 Å². The van der Waals surface area contributed by atoms with E-state index >= 15 is 0 Å². The van der Waals surface area contributed by atoms with Crippen LogP contribution in [0.5, 0.6) is 0 Å². The van der Waals surface area contributed by atoms with Gasteiger partial charge in [0.2, 0.25) is 5.89 Å². The molecule has 0 spiro atoms. The normalized spacial score (nSPS) is 11.1. The van der Waals surface area contributed by atoms with Crippen molar-refractivity contribution < 1.29 is 4.52 Å². The Labute approximate surface area is 106 Å². The topological polar surface area (TPSA) is 69.6 Å². The van der Waals surface area contributed by atoms with Gasteiger partial charge in [-0.05, 0) is 6.42 Å². The van der Waals surface area contributed by atoms with Crippen LogP contribution in [0.1, 0.15) is 50.6 Å². The zero-order valence-corrected chi connectivity index (χ0v) is 11.2. The van der Waals surface area contributed by atoms with Gasteiger partial charge in [-0.3, -0.25) is 0 Å². The molecule has 0 aliphatic heterocycles. The van der Waals surface area contributed by atoms with Gasteiger partial charge < -0.3 is 4.52 Å². The molecule has 98 valence electrons. The lowest BCUT2D eigenvalue weighted by Crippen LogP contribution is -2.06. The molecule has 2 rings (SSSR count). The maximum Gasteiger partial charge on any atom is 0.248 e. The zero-order chi connectivity index (χ0) is 13.0. The molecule has 0 aromatic carbocycles. The predicted molar refractivity (Wildman–Crippen MR) is 66.2 cm³/mol. The van der Waals surface area contributed by atoms with Gasteiger partial charge in [0.25, 0.3) is 0 Å². The summed E-state index contributed by atoms with van der Waals surface area (Å²) in [6, 6.07) is 0. The van der Waals surface area contributed by atoms with E-state index in [9.17, 15) is 0 Å². The Morgan fingerprint density at radius 2 is 1.89 bits per heavy atom. The van der Waals surface area contributed by atoms with Crippen LogP contribution in [0, 0.1) is 0 Å². The van der Waals surface area contributed by atoms with Crippen LogP contribution in [-0.2, 0) is 25.8 Å². The highest BCUT2D eigenvalue weighted by atomic mass is 16.5. The number of hydrogen-bond acceptors (Lipinski definition) is 5. The average molecular weight is 249 g/mol. The molecule has 0 saturated carbocycles. The smallest absolute Gasteiger partial charge is 0.248 e. The maximum absolute atomic E-state index is 5.21. The minimum atomic E-state index is 0.507. The SMILES string of the molecule is CCCc1noc(Cn2nc(CC)nc2CC)n1. The number of aromatic nitrogens is 5. The fourth-order valence-electron chi connectivity index (χ4n) is 1.77. The Balaban J connectivity index is 2.14. The van der Waals surface area contributed by atoms with Gasteiger partial charge in [0.1, 0.15) is 12.4 Å². The zero-order valence-electron chi connectivity index (χ0n) is 11.2. The van der Waals surface area contributed by atoms with Crippen molar-refractivity contribution in [2.24, 2.45) is 0 Å². The summed E-state index contributed by atoms with van der Waals surface area (Å²) in [4.78, 5) is 8.79. The molecule has 0 bridgehead atoms. The molecule has 0 fully saturated rings. The molecule has 0 aliphatic rings. The highest BCUT2D eigenvalue weighted by Crippen LogP contribution is 2.06. The van der Waals surface area contributed by atoms with E-state index < -0.39 is 0 Å². The fourth-order valence-corrected chi connectivity index (χ4v) is 1.77. The van der Waals surface area contributed by atoms with Crippen LogP contribution < -0.4 is 0 Å².